The molecule has 1 aromatic carbocycles. The lowest BCUT2D eigenvalue weighted by Crippen LogP contribution is -2.24. The van der Waals surface area contributed by atoms with Gasteiger partial charge >= 0.3 is 5.69 Å². The van der Waals surface area contributed by atoms with Gasteiger partial charge in [-0.25, -0.2) is 13.9 Å². The van der Waals surface area contributed by atoms with Crippen molar-refractivity contribution in [2.75, 3.05) is 0 Å². The number of fused-ring (bicyclic) bond motifs is 3. The second-order valence-electron chi connectivity index (χ2n) is 5.06. The van der Waals surface area contributed by atoms with E-state index in [9.17, 15) is 9.59 Å². The number of hydrogen-bond acceptors (Lipinski definition) is 4. The quantitative estimate of drug-likeness (QED) is 0.563. The molecule has 4 aromatic rings. The Hall–Kier alpha value is -2.67. The third kappa shape index (κ3) is 1.75. The number of benzene rings is 1. The first-order chi connectivity index (χ1) is 10.7. The molecule has 0 N–H and O–H groups in total. The number of thiophene rings is 1. The van der Waals surface area contributed by atoms with E-state index in [1.54, 1.807) is 13.1 Å². The lowest BCUT2D eigenvalue weighted by molar-refractivity contribution is 0.657. The summed E-state index contributed by atoms with van der Waals surface area (Å²) in [6.45, 7) is 0.376. The van der Waals surface area contributed by atoms with E-state index in [4.69, 9.17) is 0 Å². The van der Waals surface area contributed by atoms with Crippen LogP contribution in [0.4, 0.5) is 0 Å². The van der Waals surface area contributed by atoms with E-state index in [1.807, 2.05) is 35.7 Å². The normalized spacial score (nSPS) is 11.5. The van der Waals surface area contributed by atoms with Gasteiger partial charge in [0.05, 0.1) is 12.1 Å². The maximum atomic E-state index is 12.7. The van der Waals surface area contributed by atoms with Crippen molar-refractivity contribution in [3.05, 3.63) is 68.2 Å². The number of rotatable bonds is 2. The summed E-state index contributed by atoms with van der Waals surface area (Å²) in [6, 6.07) is 11.4. The van der Waals surface area contributed by atoms with Crippen LogP contribution in [0.2, 0.25) is 0 Å². The highest BCUT2D eigenvalue weighted by Gasteiger charge is 2.16. The topological polar surface area (TPSA) is 61.3 Å². The van der Waals surface area contributed by atoms with Gasteiger partial charge in [-0.1, -0.05) is 30.3 Å². The van der Waals surface area contributed by atoms with Crippen LogP contribution >= 0.6 is 11.3 Å². The molecule has 7 heteroatoms. The molecule has 0 aliphatic carbocycles. The van der Waals surface area contributed by atoms with Crippen LogP contribution in [0.25, 0.3) is 16.0 Å². The molecule has 0 aliphatic heterocycles. The zero-order chi connectivity index (χ0) is 15.3. The molecule has 0 saturated carbocycles. The summed E-state index contributed by atoms with van der Waals surface area (Å²) in [7, 11) is 1.64. The molecule has 3 heterocycles. The van der Waals surface area contributed by atoms with E-state index in [0.717, 1.165) is 5.56 Å². The molecule has 0 bridgehead atoms. The number of nitrogens with zero attached hydrogens (tertiary/aromatic N) is 4. The Bertz CT molecular complexity index is 1100. The van der Waals surface area contributed by atoms with Crippen molar-refractivity contribution in [2.24, 2.45) is 7.05 Å². The van der Waals surface area contributed by atoms with Gasteiger partial charge in [0.2, 0.25) is 5.78 Å². The van der Waals surface area contributed by atoms with Gasteiger partial charge in [0.25, 0.3) is 5.56 Å². The van der Waals surface area contributed by atoms with Crippen molar-refractivity contribution >= 4 is 27.3 Å². The summed E-state index contributed by atoms with van der Waals surface area (Å²) in [5, 5.41) is 6.14. The molecule has 110 valence electrons. The molecule has 3 aromatic heterocycles. The van der Waals surface area contributed by atoms with Crippen LogP contribution in [-0.2, 0) is 13.6 Å². The fourth-order valence-corrected chi connectivity index (χ4v) is 3.42. The monoisotopic (exact) mass is 312 g/mol. The Morgan fingerprint density at radius 2 is 1.91 bits per heavy atom. The fourth-order valence-electron chi connectivity index (χ4n) is 2.57. The van der Waals surface area contributed by atoms with E-state index in [2.05, 4.69) is 5.10 Å². The van der Waals surface area contributed by atoms with Crippen LogP contribution in [-0.4, -0.2) is 18.7 Å². The van der Waals surface area contributed by atoms with Gasteiger partial charge in [-0.15, -0.1) is 16.4 Å². The van der Waals surface area contributed by atoms with Crippen molar-refractivity contribution in [3.8, 4) is 0 Å². The summed E-state index contributed by atoms with van der Waals surface area (Å²) < 4.78 is 4.87. The third-order valence-corrected chi connectivity index (χ3v) is 4.57. The van der Waals surface area contributed by atoms with Crippen molar-refractivity contribution < 1.29 is 0 Å². The average Bonchev–Trinajstić information content (AvgIpc) is 3.12. The minimum Gasteiger partial charge on any atom is -0.279 e. The zero-order valence-corrected chi connectivity index (χ0v) is 12.6. The highest BCUT2D eigenvalue weighted by molar-refractivity contribution is 7.17. The van der Waals surface area contributed by atoms with Crippen LogP contribution in [0.1, 0.15) is 5.56 Å². The first-order valence-electron chi connectivity index (χ1n) is 6.76. The Kier molecular flexibility index (Phi) is 2.77. The Labute approximate surface area is 128 Å². The largest absolute Gasteiger partial charge is 0.352 e. The predicted octanol–water partition coefficient (Wildman–Crippen LogP) is 1.46. The Morgan fingerprint density at radius 1 is 1.14 bits per heavy atom. The first-order valence-corrected chi connectivity index (χ1v) is 7.64. The fraction of sp³-hybridized carbons (Fsp3) is 0.133. The van der Waals surface area contributed by atoms with Crippen molar-refractivity contribution in [1.29, 1.82) is 0 Å². The summed E-state index contributed by atoms with van der Waals surface area (Å²) in [4.78, 5) is 25.0. The molecule has 0 spiro atoms. The molecule has 0 saturated heterocycles. The first kappa shape index (κ1) is 13.0. The van der Waals surface area contributed by atoms with E-state index >= 15 is 0 Å². The lowest BCUT2D eigenvalue weighted by atomic mass is 10.2. The van der Waals surface area contributed by atoms with Gasteiger partial charge in [-0.05, 0) is 17.0 Å². The summed E-state index contributed by atoms with van der Waals surface area (Å²) in [5.74, 6) is 0.358. The second-order valence-corrected chi connectivity index (χ2v) is 5.98. The smallest absolute Gasteiger partial charge is 0.279 e. The maximum Gasteiger partial charge on any atom is 0.352 e. The molecule has 0 aliphatic rings. The lowest BCUT2D eigenvalue weighted by Gasteiger charge is -1.99. The number of aromatic nitrogens is 4. The van der Waals surface area contributed by atoms with Crippen molar-refractivity contribution in [1.82, 2.24) is 18.7 Å². The minimum atomic E-state index is -0.238. The average molecular weight is 312 g/mol. The van der Waals surface area contributed by atoms with Gasteiger partial charge in [0.1, 0.15) is 4.70 Å². The molecule has 0 radical (unpaired) electrons. The Balaban J connectivity index is 2.03. The molecular formula is C15H12N4O2S. The molecule has 22 heavy (non-hydrogen) atoms. The van der Waals surface area contributed by atoms with E-state index in [1.165, 1.54) is 25.0 Å². The molecule has 6 nitrogen and oxygen atoms in total. The third-order valence-electron chi connectivity index (χ3n) is 3.68. The van der Waals surface area contributed by atoms with Crippen LogP contribution in [0.5, 0.6) is 0 Å². The maximum absolute atomic E-state index is 12.7. The highest BCUT2D eigenvalue weighted by atomic mass is 32.1. The molecule has 0 amide bonds. The van der Waals surface area contributed by atoms with Gasteiger partial charge in [0, 0.05) is 7.05 Å². The molecule has 0 fully saturated rings. The summed E-state index contributed by atoms with van der Waals surface area (Å²) in [5.41, 5.74) is 1.24. The van der Waals surface area contributed by atoms with Crippen LogP contribution in [0.15, 0.2) is 51.4 Å². The SMILES string of the molecule is Cn1c(=O)c2sccc2n2c(=O)n(Cc3ccccc3)nc12. The molecule has 0 unspecified atom stereocenters. The Morgan fingerprint density at radius 3 is 2.68 bits per heavy atom. The van der Waals surface area contributed by atoms with E-state index in [0.29, 0.717) is 22.5 Å². The van der Waals surface area contributed by atoms with Crippen molar-refractivity contribution in [3.63, 3.8) is 0 Å². The molecular weight excluding hydrogens is 300 g/mol. The van der Waals surface area contributed by atoms with E-state index < -0.39 is 0 Å². The van der Waals surface area contributed by atoms with Crippen LogP contribution in [0, 0.1) is 0 Å². The summed E-state index contributed by atoms with van der Waals surface area (Å²) >= 11 is 1.33. The zero-order valence-electron chi connectivity index (χ0n) is 11.8. The molecule has 0 atom stereocenters. The number of aryl methyl sites for hydroxylation is 1. The van der Waals surface area contributed by atoms with Gasteiger partial charge in [-0.3, -0.25) is 9.36 Å². The number of hydrogen-bond donors (Lipinski definition) is 0. The predicted molar refractivity (Wildman–Crippen MR) is 85.6 cm³/mol. The highest BCUT2D eigenvalue weighted by Crippen LogP contribution is 2.16. The second kappa shape index (κ2) is 4.67. The van der Waals surface area contributed by atoms with Crippen LogP contribution in [0.3, 0.4) is 0 Å². The van der Waals surface area contributed by atoms with Crippen molar-refractivity contribution in [2.45, 2.75) is 6.54 Å². The minimum absolute atomic E-state index is 0.130. The standard InChI is InChI=1S/C15H12N4O2S/c1-17-13(20)12-11(7-8-22-12)19-14(17)16-18(15(19)21)9-10-5-3-2-4-6-10/h2-8H,9H2,1H3. The van der Waals surface area contributed by atoms with Crippen LogP contribution < -0.4 is 11.2 Å². The van der Waals surface area contributed by atoms with E-state index in [-0.39, 0.29) is 11.2 Å². The summed E-state index contributed by atoms with van der Waals surface area (Å²) in [6.07, 6.45) is 0. The molecule has 4 rings (SSSR count). The van der Waals surface area contributed by atoms with Gasteiger partial charge in [0.15, 0.2) is 0 Å². The van der Waals surface area contributed by atoms with Gasteiger partial charge < -0.3 is 0 Å². The van der Waals surface area contributed by atoms with Gasteiger partial charge in [-0.2, -0.15) is 0 Å².